The van der Waals surface area contributed by atoms with E-state index in [0.29, 0.717) is 0 Å². The van der Waals surface area contributed by atoms with E-state index in [1.54, 1.807) is 0 Å². The maximum Gasteiger partial charge on any atom is 0.0648 e. The van der Waals surface area contributed by atoms with Crippen molar-refractivity contribution in [3.05, 3.63) is 64.7 Å². The third-order valence-electron chi connectivity index (χ3n) is 3.99. The molecule has 0 fully saturated rings. The van der Waals surface area contributed by atoms with Crippen LogP contribution in [-0.4, -0.2) is 20.0 Å². The number of para-hydroxylation sites is 1. The molecule has 0 unspecified atom stereocenters. The van der Waals surface area contributed by atoms with Gasteiger partial charge in [-0.2, -0.15) is 10.2 Å². The first-order valence-corrected chi connectivity index (χ1v) is 7.47. The van der Waals surface area contributed by atoms with Gasteiger partial charge in [-0.1, -0.05) is 18.2 Å². The number of hydrogen-bond donors (Lipinski definition) is 2. The van der Waals surface area contributed by atoms with Crippen LogP contribution in [0.25, 0.3) is 5.69 Å². The molecule has 0 saturated heterocycles. The highest BCUT2D eigenvalue weighted by atomic mass is 15.3. The number of aromatic amines is 1. The van der Waals surface area contributed by atoms with Crippen LogP contribution in [0.2, 0.25) is 0 Å². The number of aryl methyl sites for hydroxylation is 2. The maximum absolute atomic E-state index is 4.67. The molecule has 0 spiro atoms. The fourth-order valence-electron chi connectivity index (χ4n) is 2.63. The molecular formula is C17H21N5. The minimum atomic E-state index is 0.801. The van der Waals surface area contributed by atoms with E-state index in [1.165, 1.54) is 16.8 Å². The Morgan fingerprint density at radius 3 is 2.55 bits per heavy atom. The van der Waals surface area contributed by atoms with Crippen molar-refractivity contribution in [2.45, 2.75) is 33.9 Å². The Labute approximate surface area is 130 Å². The van der Waals surface area contributed by atoms with Crippen molar-refractivity contribution in [1.29, 1.82) is 0 Å². The summed E-state index contributed by atoms with van der Waals surface area (Å²) in [4.78, 5) is 0. The summed E-state index contributed by atoms with van der Waals surface area (Å²) in [6.07, 6.45) is 1.87. The summed E-state index contributed by atoms with van der Waals surface area (Å²) in [5.41, 5.74) is 6.91. The van der Waals surface area contributed by atoms with Crippen molar-refractivity contribution in [3.63, 3.8) is 0 Å². The Balaban J connectivity index is 1.75. The number of hydrogen-bond acceptors (Lipinski definition) is 3. The Hall–Kier alpha value is -2.40. The summed E-state index contributed by atoms with van der Waals surface area (Å²) in [5.74, 6) is 0. The van der Waals surface area contributed by atoms with Crippen LogP contribution in [0.5, 0.6) is 0 Å². The van der Waals surface area contributed by atoms with Crippen molar-refractivity contribution < 1.29 is 0 Å². The number of nitrogens with one attached hydrogen (secondary N) is 2. The van der Waals surface area contributed by atoms with Crippen molar-refractivity contribution in [2.75, 3.05) is 0 Å². The molecule has 2 heterocycles. The van der Waals surface area contributed by atoms with E-state index < -0.39 is 0 Å². The first-order valence-electron chi connectivity index (χ1n) is 7.47. The Kier molecular flexibility index (Phi) is 4.06. The third-order valence-corrected chi connectivity index (χ3v) is 3.99. The van der Waals surface area contributed by atoms with Gasteiger partial charge in [0.05, 0.1) is 17.6 Å². The number of aromatic nitrogens is 4. The number of rotatable bonds is 5. The zero-order chi connectivity index (χ0) is 15.5. The number of nitrogens with zero attached hydrogens (tertiary/aromatic N) is 3. The van der Waals surface area contributed by atoms with Crippen molar-refractivity contribution >= 4 is 0 Å². The molecule has 22 heavy (non-hydrogen) atoms. The second-order valence-electron chi connectivity index (χ2n) is 5.52. The van der Waals surface area contributed by atoms with E-state index in [1.807, 2.05) is 36.0 Å². The molecule has 3 rings (SSSR count). The topological polar surface area (TPSA) is 58.5 Å². The highest BCUT2D eigenvalue weighted by Crippen LogP contribution is 2.17. The van der Waals surface area contributed by atoms with Gasteiger partial charge in [0.2, 0.25) is 0 Å². The summed E-state index contributed by atoms with van der Waals surface area (Å²) in [7, 11) is 0. The van der Waals surface area contributed by atoms with Gasteiger partial charge >= 0.3 is 0 Å². The lowest BCUT2D eigenvalue weighted by atomic mass is 10.2. The summed E-state index contributed by atoms with van der Waals surface area (Å²) in [5, 5.41) is 15.2. The smallest absolute Gasteiger partial charge is 0.0648 e. The largest absolute Gasteiger partial charge is 0.308 e. The average Bonchev–Trinajstić information content (AvgIpc) is 3.06. The zero-order valence-corrected chi connectivity index (χ0v) is 13.2. The maximum atomic E-state index is 4.67. The summed E-state index contributed by atoms with van der Waals surface area (Å²) < 4.78 is 2.01. The molecule has 2 N–H and O–H groups in total. The van der Waals surface area contributed by atoms with Gasteiger partial charge in [-0.25, -0.2) is 4.68 Å². The predicted octanol–water partition coefficient (Wildman–Crippen LogP) is 2.81. The van der Waals surface area contributed by atoms with E-state index in [9.17, 15) is 0 Å². The highest BCUT2D eigenvalue weighted by molar-refractivity contribution is 5.36. The third kappa shape index (κ3) is 2.80. The number of H-pyrrole nitrogens is 1. The standard InChI is InChI=1S/C17H21N5/c1-12-15(10-19-20-12)9-18-11-17-13(2)21-22(14(17)3)16-7-5-4-6-8-16/h4-8,10,18H,9,11H2,1-3H3,(H,19,20). The van der Waals surface area contributed by atoms with Gasteiger partial charge in [0.25, 0.3) is 0 Å². The van der Waals surface area contributed by atoms with Gasteiger partial charge in [0.1, 0.15) is 0 Å². The minimum Gasteiger partial charge on any atom is -0.308 e. The molecule has 0 aliphatic heterocycles. The SMILES string of the molecule is Cc1nn(-c2ccccc2)c(C)c1CNCc1cn[nH]c1C. The molecule has 114 valence electrons. The van der Waals surface area contributed by atoms with Crippen LogP contribution in [0.1, 0.15) is 28.2 Å². The fraction of sp³-hybridized carbons (Fsp3) is 0.294. The summed E-state index contributed by atoms with van der Waals surface area (Å²) in [6.45, 7) is 7.82. The van der Waals surface area contributed by atoms with Crippen molar-refractivity contribution in [2.24, 2.45) is 0 Å². The van der Waals surface area contributed by atoms with Crippen LogP contribution in [0, 0.1) is 20.8 Å². The van der Waals surface area contributed by atoms with Crippen LogP contribution in [-0.2, 0) is 13.1 Å². The van der Waals surface area contributed by atoms with Crippen LogP contribution >= 0.6 is 0 Å². The van der Waals surface area contributed by atoms with Gasteiger partial charge < -0.3 is 5.32 Å². The van der Waals surface area contributed by atoms with Crippen LogP contribution in [0.3, 0.4) is 0 Å². The van der Waals surface area contributed by atoms with Gasteiger partial charge in [-0.05, 0) is 32.9 Å². The van der Waals surface area contributed by atoms with Crippen LogP contribution < -0.4 is 5.32 Å². The Morgan fingerprint density at radius 1 is 1.09 bits per heavy atom. The molecule has 1 aromatic carbocycles. The second kappa shape index (κ2) is 6.15. The lowest BCUT2D eigenvalue weighted by Crippen LogP contribution is -2.14. The Morgan fingerprint density at radius 2 is 1.86 bits per heavy atom. The van der Waals surface area contributed by atoms with E-state index in [2.05, 4.69) is 46.6 Å². The summed E-state index contributed by atoms with van der Waals surface area (Å²) in [6, 6.07) is 10.2. The van der Waals surface area contributed by atoms with E-state index in [4.69, 9.17) is 0 Å². The summed E-state index contributed by atoms with van der Waals surface area (Å²) >= 11 is 0. The molecule has 0 radical (unpaired) electrons. The second-order valence-corrected chi connectivity index (χ2v) is 5.52. The molecule has 5 heteroatoms. The number of benzene rings is 1. The minimum absolute atomic E-state index is 0.801. The molecule has 5 nitrogen and oxygen atoms in total. The van der Waals surface area contributed by atoms with Crippen molar-refractivity contribution in [3.8, 4) is 5.69 Å². The van der Waals surface area contributed by atoms with Crippen LogP contribution in [0.15, 0.2) is 36.5 Å². The van der Waals surface area contributed by atoms with Gasteiger partial charge in [0.15, 0.2) is 0 Å². The van der Waals surface area contributed by atoms with Crippen molar-refractivity contribution in [1.82, 2.24) is 25.3 Å². The molecule has 3 aromatic rings. The molecule has 0 saturated carbocycles. The van der Waals surface area contributed by atoms with E-state index in [0.717, 1.165) is 30.2 Å². The molecule has 0 aliphatic carbocycles. The lowest BCUT2D eigenvalue weighted by Gasteiger charge is -2.06. The first-order chi connectivity index (χ1) is 10.7. The lowest BCUT2D eigenvalue weighted by molar-refractivity contribution is 0.685. The normalized spacial score (nSPS) is 11.0. The molecule has 0 bridgehead atoms. The van der Waals surface area contributed by atoms with Gasteiger partial charge in [-0.15, -0.1) is 0 Å². The van der Waals surface area contributed by atoms with E-state index in [-0.39, 0.29) is 0 Å². The first kappa shape index (κ1) is 14.5. The van der Waals surface area contributed by atoms with Gasteiger partial charge in [0, 0.05) is 35.6 Å². The highest BCUT2D eigenvalue weighted by Gasteiger charge is 2.12. The predicted molar refractivity (Wildman–Crippen MR) is 86.9 cm³/mol. The molecule has 2 aromatic heterocycles. The molecule has 0 amide bonds. The molecule has 0 aliphatic rings. The fourth-order valence-corrected chi connectivity index (χ4v) is 2.63. The average molecular weight is 295 g/mol. The van der Waals surface area contributed by atoms with Gasteiger partial charge in [-0.3, -0.25) is 5.10 Å². The van der Waals surface area contributed by atoms with Crippen LogP contribution in [0.4, 0.5) is 0 Å². The van der Waals surface area contributed by atoms with E-state index >= 15 is 0 Å². The Bertz CT molecular complexity index is 755. The quantitative estimate of drug-likeness (QED) is 0.761. The zero-order valence-electron chi connectivity index (χ0n) is 13.2. The monoisotopic (exact) mass is 295 g/mol. The molecule has 0 atom stereocenters. The molecular weight excluding hydrogens is 274 g/mol.